The molecule has 0 N–H and O–H groups in total. The molecule has 280 valence electrons. The van der Waals surface area contributed by atoms with Crippen LogP contribution in [-0.4, -0.2) is 0 Å². The number of hydrogen-bond donors (Lipinski definition) is 0. The predicted molar refractivity (Wildman–Crippen MR) is 255 cm³/mol. The lowest BCUT2D eigenvalue weighted by molar-refractivity contribution is 0.673. The zero-order chi connectivity index (χ0) is 39.6. The van der Waals surface area contributed by atoms with E-state index in [0.717, 1.165) is 55.5 Å². The molecule has 0 unspecified atom stereocenters. The van der Waals surface area contributed by atoms with Gasteiger partial charge in [-0.3, -0.25) is 0 Å². The maximum absolute atomic E-state index is 6.68. The first-order chi connectivity index (χ1) is 29.7. The molecule has 0 fully saturated rings. The maximum atomic E-state index is 6.68. The summed E-state index contributed by atoms with van der Waals surface area (Å²) in [7, 11) is 0. The number of rotatable bonds is 6. The fourth-order valence-corrected chi connectivity index (χ4v) is 9.36. The van der Waals surface area contributed by atoms with Gasteiger partial charge in [0.15, 0.2) is 0 Å². The first-order valence-corrected chi connectivity index (χ1v) is 20.6. The second-order valence-electron chi connectivity index (χ2n) is 15.6. The summed E-state index contributed by atoms with van der Waals surface area (Å²) in [5.74, 6) is 0. The Morgan fingerprint density at radius 2 is 0.883 bits per heavy atom. The van der Waals surface area contributed by atoms with Crippen LogP contribution >= 0.6 is 0 Å². The molecule has 0 amide bonds. The molecule has 2 heteroatoms. The summed E-state index contributed by atoms with van der Waals surface area (Å²) >= 11 is 0. The topological polar surface area (TPSA) is 16.4 Å². The summed E-state index contributed by atoms with van der Waals surface area (Å²) in [6, 6.07) is 81.3. The number of anilines is 3. The molecule has 0 bridgehead atoms. The van der Waals surface area contributed by atoms with Crippen molar-refractivity contribution in [3.63, 3.8) is 0 Å². The summed E-state index contributed by atoms with van der Waals surface area (Å²) in [5, 5.41) is 12.1. The SMILES string of the molecule is c1ccc(N(c2ccc(-c3ccc4ccccc4c3)cc2)c2ccc(-c3cc4ccccc4c4ccccc34)cc2)c(-c2cccc3oc4c5ccccc5ccc4c23)c1. The highest BCUT2D eigenvalue weighted by Crippen LogP contribution is 2.46. The van der Waals surface area contributed by atoms with Crippen LogP contribution in [0.5, 0.6) is 0 Å². The number of benzene rings is 11. The summed E-state index contributed by atoms with van der Waals surface area (Å²) < 4.78 is 6.68. The van der Waals surface area contributed by atoms with E-state index in [0.29, 0.717) is 0 Å². The number of nitrogens with zero attached hydrogens (tertiary/aromatic N) is 1. The van der Waals surface area contributed by atoms with Crippen LogP contribution in [0.1, 0.15) is 0 Å². The van der Waals surface area contributed by atoms with E-state index in [9.17, 15) is 0 Å². The van der Waals surface area contributed by atoms with E-state index in [4.69, 9.17) is 4.42 Å². The Labute approximate surface area is 347 Å². The van der Waals surface area contributed by atoms with Gasteiger partial charge < -0.3 is 9.32 Å². The molecule has 11 aromatic carbocycles. The van der Waals surface area contributed by atoms with Crippen molar-refractivity contribution in [1.82, 2.24) is 0 Å². The van der Waals surface area contributed by atoms with Crippen molar-refractivity contribution in [3.05, 3.63) is 224 Å². The first kappa shape index (κ1) is 34.1. The Hall–Kier alpha value is -7.94. The van der Waals surface area contributed by atoms with Gasteiger partial charge >= 0.3 is 0 Å². The minimum Gasteiger partial charge on any atom is -0.455 e. The molecular weight excluding hydrogens is 727 g/mol. The van der Waals surface area contributed by atoms with E-state index in [-0.39, 0.29) is 0 Å². The van der Waals surface area contributed by atoms with Crippen molar-refractivity contribution in [3.8, 4) is 33.4 Å². The smallest absolute Gasteiger partial charge is 0.143 e. The van der Waals surface area contributed by atoms with E-state index in [2.05, 4.69) is 229 Å². The average Bonchev–Trinajstić information content (AvgIpc) is 3.72. The molecule has 12 aromatic rings. The third-order valence-corrected chi connectivity index (χ3v) is 12.2. The van der Waals surface area contributed by atoms with Gasteiger partial charge in [-0.05, 0) is 120 Å². The van der Waals surface area contributed by atoms with Gasteiger partial charge in [-0.15, -0.1) is 0 Å². The number of para-hydroxylation sites is 1. The molecule has 0 aliphatic rings. The van der Waals surface area contributed by atoms with Gasteiger partial charge in [-0.2, -0.15) is 0 Å². The second kappa shape index (κ2) is 13.9. The zero-order valence-corrected chi connectivity index (χ0v) is 32.7. The minimum atomic E-state index is 0.881. The number of fused-ring (bicyclic) bond motifs is 9. The van der Waals surface area contributed by atoms with Crippen LogP contribution in [0.4, 0.5) is 17.1 Å². The summed E-state index contributed by atoms with van der Waals surface area (Å²) in [4.78, 5) is 2.40. The third-order valence-electron chi connectivity index (χ3n) is 12.2. The van der Waals surface area contributed by atoms with Crippen LogP contribution in [0.2, 0.25) is 0 Å². The van der Waals surface area contributed by atoms with Gasteiger partial charge in [0.1, 0.15) is 11.2 Å². The predicted octanol–water partition coefficient (Wildman–Crippen LogP) is 16.7. The normalized spacial score (nSPS) is 11.7. The molecule has 0 aliphatic carbocycles. The fraction of sp³-hybridized carbons (Fsp3) is 0. The molecule has 0 spiro atoms. The van der Waals surface area contributed by atoms with Gasteiger partial charge in [-0.1, -0.05) is 170 Å². The van der Waals surface area contributed by atoms with Crippen LogP contribution < -0.4 is 4.90 Å². The molecule has 1 heterocycles. The molecule has 0 radical (unpaired) electrons. The van der Waals surface area contributed by atoms with Gasteiger partial charge in [0.25, 0.3) is 0 Å². The molecule has 0 saturated carbocycles. The quantitative estimate of drug-likeness (QED) is 0.157. The van der Waals surface area contributed by atoms with Gasteiger partial charge in [0, 0.05) is 33.1 Å². The van der Waals surface area contributed by atoms with E-state index >= 15 is 0 Å². The highest BCUT2D eigenvalue weighted by molar-refractivity contribution is 6.20. The number of furan rings is 1. The molecule has 1 aromatic heterocycles. The van der Waals surface area contributed by atoms with Crippen LogP contribution in [0.25, 0.3) is 98.4 Å². The lowest BCUT2D eigenvalue weighted by Crippen LogP contribution is -2.11. The Morgan fingerprint density at radius 3 is 1.68 bits per heavy atom. The van der Waals surface area contributed by atoms with E-state index in [1.54, 1.807) is 0 Å². The van der Waals surface area contributed by atoms with Crippen LogP contribution in [0.3, 0.4) is 0 Å². The summed E-state index contributed by atoms with van der Waals surface area (Å²) in [6.07, 6.45) is 0. The molecule has 0 saturated heterocycles. The standard InChI is InChI=1S/C58H37NO/c1-2-14-42-36-43(25-24-38(42)12-1)39-26-31-45(32-27-39)59(46-33-28-41(29-34-46)54-37-44-15-4-5-16-47(44)49-18-7-8-19-50(49)54)55-22-10-9-20-51(55)52-21-11-23-56-57(52)53-35-30-40-13-3-6-17-48(40)58(53)60-56/h1-37H. The highest BCUT2D eigenvalue weighted by atomic mass is 16.3. The Morgan fingerprint density at radius 1 is 0.300 bits per heavy atom. The molecule has 60 heavy (non-hydrogen) atoms. The summed E-state index contributed by atoms with van der Waals surface area (Å²) in [6.45, 7) is 0. The summed E-state index contributed by atoms with van der Waals surface area (Å²) in [5.41, 5.74) is 12.1. The minimum absolute atomic E-state index is 0.881. The third kappa shape index (κ3) is 5.57. The van der Waals surface area contributed by atoms with Crippen LogP contribution in [-0.2, 0) is 0 Å². The van der Waals surface area contributed by atoms with Crippen molar-refractivity contribution in [2.75, 3.05) is 4.90 Å². The second-order valence-corrected chi connectivity index (χ2v) is 15.6. The van der Waals surface area contributed by atoms with E-state index in [1.165, 1.54) is 60.0 Å². The maximum Gasteiger partial charge on any atom is 0.143 e. The Balaban J connectivity index is 1.03. The van der Waals surface area contributed by atoms with Gasteiger partial charge in [0.2, 0.25) is 0 Å². The Bertz CT molecular complexity index is 3600. The largest absolute Gasteiger partial charge is 0.455 e. The molecule has 0 atom stereocenters. The Kier molecular flexibility index (Phi) is 7.89. The van der Waals surface area contributed by atoms with Crippen LogP contribution in [0, 0.1) is 0 Å². The van der Waals surface area contributed by atoms with Crippen molar-refractivity contribution in [1.29, 1.82) is 0 Å². The van der Waals surface area contributed by atoms with Gasteiger partial charge in [-0.25, -0.2) is 0 Å². The van der Waals surface area contributed by atoms with Crippen molar-refractivity contribution >= 4 is 82.1 Å². The lowest BCUT2D eigenvalue weighted by atomic mass is 9.93. The van der Waals surface area contributed by atoms with Crippen LogP contribution in [0.15, 0.2) is 229 Å². The molecular formula is C58H37NO. The molecule has 12 rings (SSSR count). The fourth-order valence-electron chi connectivity index (χ4n) is 9.36. The van der Waals surface area contributed by atoms with E-state index in [1.807, 2.05) is 0 Å². The first-order valence-electron chi connectivity index (χ1n) is 20.6. The van der Waals surface area contributed by atoms with Crippen molar-refractivity contribution < 1.29 is 4.42 Å². The van der Waals surface area contributed by atoms with Crippen molar-refractivity contribution in [2.45, 2.75) is 0 Å². The zero-order valence-electron chi connectivity index (χ0n) is 32.7. The molecule has 2 nitrogen and oxygen atoms in total. The highest BCUT2D eigenvalue weighted by Gasteiger charge is 2.21. The van der Waals surface area contributed by atoms with E-state index < -0.39 is 0 Å². The lowest BCUT2D eigenvalue weighted by Gasteiger charge is -2.28. The van der Waals surface area contributed by atoms with Crippen molar-refractivity contribution in [2.24, 2.45) is 0 Å². The molecule has 0 aliphatic heterocycles. The average molecular weight is 764 g/mol. The number of hydrogen-bond acceptors (Lipinski definition) is 2. The monoisotopic (exact) mass is 763 g/mol. The van der Waals surface area contributed by atoms with Gasteiger partial charge in [0.05, 0.1) is 5.69 Å².